The van der Waals surface area contributed by atoms with Crippen LogP contribution in [0.2, 0.25) is 0 Å². The van der Waals surface area contributed by atoms with Crippen molar-refractivity contribution in [1.82, 2.24) is 4.68 Å². The molecule has 3 rings (SSSR count). The molecule has 0 fully saturated rings. The molecular formula is C23H27N3O3S. The minimum atomic E-state index is 0.555. The summed E-state index contributed by atoms with van der Waals surface area (Å²) < 4.78 is 18.3. The van der Waals surface area contributed by atoms with E-state index in [0.29, 0.717) is 17.2 Å². The quantitative estimate of drug-likeness (QED) is 0.540. The van der Waals surface area contributed by atoms with Crippen LogP contribution in [0.4, 0.5) is 0 Å². The Morgan fingerprint density at radius 2 is 1.60 bits per heavy atom. The van der Waals surface area contributed by atoms with Gasteiger partial charge in [-0.15, -0.1) is 11.3 Å². The molecule has 0 N–H and O–H groups in total. The maximum Gasteiger partial charge on any atom is 0.205 e. The topological polar surface area (TPSA) is 57.3 Å². The van der Waals surface area contributed by atoms with Crippen LogP contribution in [-0.2, 0) is 0 Å². The Hall–Kier alpha value is -3.06. The lowest BCUT2D eigenvalue weighted by atomic mass is 10.1. The van der Waals surface area contributed by atoms with Gasteiger partial charge in [0, 0.05) is 23.6 Å². The summed E-state index contributed by atoms with van der Waals surface area (Å²) in [5.74, 6) is 1.73. The highest BCUT2D eigenvalue weighted by Gasteiger charge is 2.15. The van der Waals surface area contributed by atoms with Gasteiger partial charge in [0.15, 0.2) is 11.5 Å². The summed E-state index contributed by atoms with van der Waals surface area (Å²) in [4.78, 5) is 5.22. The Bertz CT molecular complexity index is 1130. The fourth-order valence-electron chi connectivity index (χ4n) is 3.14. The van der Waals surface area contributed by atoms with Crippen molar-refractivity contribution in [1.29, 1.82) is 0 Å². The van der Waals surface area contributed by atoms with Crippen molar-refractivity contribution in [2.24, 2.45) is 10.1 Å². The molecule has 30 heavy (non-hydrogen) atoms. The predicted octanol–water partition coefficient (Wildman–Crippen LogP) is 4.66. The number of benzene rings is 2. The molecule has 2 aromatic carbocycles. The Balaban J connectivity index is 2.15. The molecule has 1 heterocycles. The molecule has 0 bridgehead atoms. The van der Waals surface area contributed by atoms with Crippen molar-refractivity contribution in [3.8, 4) is 28.5 Å². The number of aryl methyl sites for hydroxylation is 2. The molecule has 0 radical (unpaired) electrons. The molecule has 0 unspecified atom stereocenters. The van der Waals surface area contributed by atoms with Crippen molar-refractivity contribution < 1.29 is 14.2 Å². The second-order valence-electron chi connectivity index (χ2n) is 6.84. The molecule has 0 amide bonds. The average molecular weight is 426 g/mol. The molecule has 6 nitrogen and oxygen atoms in total. The van der Waals surface area contributed by atoms with Crippen LogP contribution in [0.25, 0.3) is 11.3 Å². The van der Waals surface area contributed by atoms with Gasteiger partial charge in [-0.3, -0.25) is 4.99 Å². The van der Waals surface area contributed by atoms with Crippen LogP contribution in [0, 0.1) is 13.8 Å². The SMILES string of the molecule is CN=c1scc(-c2ccc(C)c(C)c2)n1N=C(C)c1cc(OC)c(OC)c(OC)c1. The first kappa shape index (κ1) is 21.6. The van der Waals surface area contributed by atoms with Gasteiger partial charge < -0.3 is 14.2 Å². The largest absolute Gasteiger partial charge is 0.493 e. The van der Waals surface area contributed by atoms with E-state index in [0.717, 1.165) is 27.3 Å². The molecule has 0 spiro atoms. The second-order valence-corrected chi connectivity index (χ2v) is 7.67. The first-order valence-corrected chi connectivity index (χ1v) is 10.4. The van der Waals surface area contributed by atoms with E-state index < -0.39 is 0 Å². The monoisotopic (exact) mass is 425 g/mol. The first-order chi connectivity index (χ1) is 14.4. The predicted molar refractivity (Wildman–Crippen MR) is 122 cm³/mol. The van der Waals surface area contributed by atoms with Crippen molar-refractivity contribution in [2.45, 2.75) is 20.8 Å². The molecular weight excluding hydrogens is 398 g/mol. The van der Waals surface area contributed by atoms with Crippen molar-refractivity contribution in [3.05, 3.63) is 57.2 Å². The van der Waals surface area contributed by atoms with Crippen molar-refractivity contribution in [3.63, 3.8) is 0 Å². The third-order valence-corrected chi connectivity index (χ3v) is 5.92. The molecule has 0 aliphatic rings. The molecule has 0 saturated carbocycles. The van der Waals surface area contributed by atoms with E-state index >= 15 is 0 Å². The van der Waals surface area contributed by atoms with Gasteiger partial charge in [-0.1, -0.05) is 12.1 Å². The molecule has 3 aromatic rings. The molecule has 0 atom stereocenters. The number of ether oxygens (including phenoxy) is 3. The van der Waals surface area contributed by atoms with Gasteiger partial charge in [0.2, 0.25) is 10.6 Å². The van der Waals surface area contributed by atoms with Gasteiger partial charge in [-0.05, 0) is 50.1 Å². The lowest BCUT2D eigenvalue weighted by molar-refractivity contribution is 0.324. The van der Waals surface area contributed by atoms with E-state index in [2.05, 4.69) is 42.4 Å². The van der Waals surface area contributed by atoms with Gasteiger partial charge in [0.25, 0.3) is 0 Å². The maximum atomic E-state index is 5.48. The number of rotatable bonds is 6. The van der Waals surface area contributed by atoms with Gasteiger partial charge in [0.05, 0.1) is 32.7 Å². The van der Waals surface area contributed by atoms with E-state index in [-0.39, 0.29) is 0 Å². The molecule has 0 saturated heterocycles. The summed E-state index contributed by atoms with van der Waals surface area (Å²) in [5.41, 5.74) is 6.27. The van der Waals surface area contributed by atoms with Crippen molar-refractivity contribution >= 4 is 17.0 Å². The fraction of sp³-hybridized carbons (Fsp3) is 0.304. The van der Waals surface area contributed by atoms with Crippen LogP contribution in [0.3, 0.4) is 0 Å². The van der Waals surface area contributed by atoms with E-state index in [1.54, 1.807) is 39.7 Å². The zero-order chi connectivity index (χ0) is 21.8. The summed E-state index contributed by atoms with van der Waals surface area (Å²) in [5, 5.41) is 6.97. The summed E-state index contributed by atoms with van der Waals surface area (Å²) >= 11 is 1.56. The summed E-state index contributed by atoms with van der Waals surface area (Å²) in [6, 6.07) is 10.2. The minimum absolute atomic E-state index is 0.555. The third kappa shape index (κ3) is 4.11. The Kier molecular flexibility index (Phi) is 6.62. The molecule has 0 aliphatic heterocycles. The van der Waals surface area contributed by atoms with Crippen molar-refractivity contribution in [2.75, 3.05) is 28.4 Å². The number of nitrogens with zero attached hydrogens (tertiary/aromatic N) is 3. The lowest BCUT2D eigenvalue weighted by Crippen LogP contribution is -2.14. The molecule has 1 aromatic heterocycles. The Labute approximate surface area is 181 Å². The van der Waals surface area contributed by atoms with Gasteiger partial charge in [-0.25, -0.2) is 4.68 Å². The van der Waals surface area contributed by atoms with Crippen LogP contribution in [0.15, 0.2) is 45.8 Å². The number of hydrogen-bond donors (Lipinski definition) is 0. The van der Waals surface area contributed by atoms with Gasteiger partial charge in [-0.2, -0.15) is 5.10 Å². The van der Waals surface area contributed by atoms with Crippen LogP contribution in [-0.4, -0.2) is 38.8 Å². The summed E-state index contributed by atoms with van der Waals surface area (Å²) in [6.07, 6.45) is 0. The number of methoxy groups -OCH3 is 3. The smallest absolute Gasteiger partial charge is 0.205 e. The van der Waals surface area contributed by atoms with Crippen LogP contribution >= 0.6 is 11.3 Å². The average Bonchev–Trinajstić information content (AvgIpc) is 3.16. The number of hydrogen-bond acceptors (Lipinski definition) is 6. The number of aromatic nitrogens is 1. The summed E-state index contributed by atoms with van der Waals surface area (Å²) in [7, 11) is 6.57. The van der Waals surface area contributed by atoms with E-state index in [4.69, 9.17) is 19.3 Å². The highest BCUT2D eigenvalue weighted by Crippen LogP contribution is 2.38. The normalized spacial score (nSPS) is 12.2. The van der Waals surface area contributed by atoms with Crippen LogP contribution < -0.4 is 19.0 Å². The standard InChI is InChI=1S/C23H27N3O3S/c1-14-8-9-17(10-15(14)2)19-13-30-23(24-4)26(19)25-16(3)18-11-20(27-5)22(29-7)21(12-18)28-6/h8-13H,1-7H3. The third-order valence-electron chi connectivity index (χ3n) is 5.01. The molecule has 158 valence electrons. The summed E-state index contributed by atoms with van der Waals surface area (Å²) in [6.45, 7) is 6.18. The van der Waals surface area contributed by atoms with E-state index in [9.17, 15) is 0 Å². The fourth-order valence-corrected chi connectivity index (χ4v) is 3.94. The van der Waals surface area contributed by atoms with E-state index in [1.807, 2.05) is 23.7 Å². The Morgan fingerprint density at radius 3 is 2.13 bits per heavy atom. The maximum absolute atomic E-state index is 5.48. The van der Waals surface area contributed by atoms with Crippen LogP contribution in [0.1, 0.15) is 23.6 Å². The zero-order valence-electron chi connectivity index (χ0n) is 18.4. The minimum Gasteiger partial charge on any atom is -0.493 e. The van der Waals surface area contributed by atoms with Gasteiger partial charge in [0.1, 0.15) is 0 Å². The lowest BCUT2D eigenvalue weighted by Gasteiger charge is -2.14. The van der Waals surface area contributed by atoms with Gasteiger partial charge >= 0.3 is 0 Å². The van der Waals surface area contributed by atoms with E-state index in [1.165, 1.54) is 11.1 Å². The van der Waals surface area contributed by atoms with Crippen LogP contribution in [0.5, 0.6) is 17.2 Å². The first-order valence-electron chi connectivity index (χ1n) is 9.50. The second kappa shape index (κ2) is 9.17. The molecule has 0 aliphatic carbocycles. The zero-order valence-corrected chi connectivity index (χ0v) is 19.3. The Morgan fingerprint density at radius 1 is 0.933 bits per heavy atom. The number of thiazole rings is 1. The highest BCUT2D eigenvalue weighted by atomic mass is 32.1. The molecule has 7 heteroatoms. The highest BCUT2D eigenvalue weighted by molar-refractivity contribution is 7.07.